The zero-order valence-electron chi connectivity index (χ0n) is 16.2. The topological polar surface area (TPSA) is 146 Å². The highest BCUT2D eigenvalue weighted by Gasteiger charge is 2.28. The van der Waals surface area contributed by atoms with Crippen molar-refractivity contribution in [3.8, 4) is 0 Å². The van der Waals surface area contributed by atoms with Gasteiger partial charge < -0.3 is 29.6 Å². The van der Waals surface area contributed by atoms with E-state index in [9.17, 15) is 24.0 Å². The highest BCUT2D eigenvalue weighted by atomic mass is 16.6. The van der Waals surface area contributed by atoms with E-state index in [2.05, 4.69) is 24.8 Å². The first kappa shape index (κ1) is 24.1. The van der Waals surface area contributed by atoms with Crippen LogP contribution in [0.5, 0.6) is 0 Å². The van der Waals surface area contributed by atoms with Crippen molar-refractivity contribution in [2.75, 3.05) is 14.2 Å². The van der Waals surface area contributed by atoms with E-state index in [1.165, 1.54) is 0 Å². The van der Waals surface area contributed by atoms with Gasteiger partial charge in [-0.25, -0.2) is 14.4 Å². The summed E-state index contributed by atoms with van der Waals surface area (Å²) in [5.74, 6) is -3.27. The molecule has 2 atom stereocenters. The average molecular weight is 390 g/mol. The van der Waals surface area contributed by atoms with Gasteiger partial charge in [-0.05, 0) is 27.2 Å². The minimum Gasteiger partial charge on any atom is -0.467 e. The second kappa shape index (κ2) is 11.0. The number of amides is 2. The highest BCUT2D eigenvalue weighted by molar-refractivity contribution is 5.86. The van der Waals surface area contributed by atoms with Gasteiger partial charge in [-0.15, -0.1) is 0 Å². The second-order valence-electron chi connectivity index (χ2n) is 6.34. The van der Waals surface area contributed by atoms with Gasteiger partial charge in [0.1, 0.15) is 11.6 Å². The molecule has 0 radical (unpaired) electrons. The standard InChI is InChI=1S/C16H26N2O9/c1-9(19)26-12(14(22)25-6)18-11(20)8-7-10(13(21)24-5)17-15(23)27-16(2,3)4/h10,12H,7-8H2,1-6H3,(H,17,23)(H,18,20)/t10-,12?/m0/s1. The molecule has 11 heteroatoms. The Balaban J connectivity index is 4.83. The lowest BCUT2D eigenvalue weighted by Gasteiger charge is -2.22. The molecule has 0 saturated heterocycles. The Labute approximate surface area is 157 Å². The second-order valence-corrected chi connectivity index (χ2v) is 6.34. The summed E-state index contributed by atoms with van der Waals surface area (Å²) in [6.07, 6.45) is -2.91. The summed E-state index contributed by atoms with van der Waals surface area (Å²) in [7, 11) is 2.18. The highest BCUT2D eigenvalue weighted by Crippen LogP contribution is 2.08. The average Bonchev–Trinajstić information content (AvgIpc) is 2.54. The molecule has 0 rings (SSSR count). The number of methoxy groups -OCH3 is 2. The normalized spacial score (nSPS) is 12.8. The molecule has 11 nitrogen and oxygen atoms in total. The van der Waals surface area contributed by atoms with Gasteiger partial charge >= 0.3 is 24.0 Å². The van der Waals surface area contributed by atoms with Crippen LogP contribution in [0.25, 0.3) is 0 Å². The molecular weight excluding hydrogens is 364 g/mol. The number of ether oxygens (including phenoxy) is 4. The molecule has 0 bridgehead atoms. The van der Waals surface area contributed by atoms with Crippen molar-refractivity contribution >= 4 is 29.9 Å². The number of hydrogen-bond donors (Lipinski definition) is 2. The lowest BCUT2D eigenvalue weighted by Crippen LogP contribution is -2.46. The molecule has 2 amide bonds. The van der Waals surface area contributed by atoms with Crippen LogP contribution in [0, 0.1) is 0 Å². The van der Waals surface area contributed by atoms with Crippen LogP contribution in [-0.4, -0.2) is 62.0 Å². The fourth-order valence-corrected chi connectivity index (χ4v) is 1.74. The molecule has 0 aromatic rings. The van der Waals surface area contributed by atoms with Crippen molar-refractivity contribution in [3.63, 3.8) is 0 Å². The van der Waals surface area contributed by atoms with Crippen molar-refractivity contribution < 1.29 is 42.9 Å². The number of carbonyl (C=O) groups excluding carboxylic acids is 5. The van der Waals surface area contributed by atoms with E-state index in [0.29, 0.717) is 0 Å². The number of carbonyl (C=O) groups is 5. The number of hydrogen-bond acceptors (Lipinski definition) is 9. The van der Waals surface area contributed by atoms with Crippen LogP contribution in [0.2, 0.25) is 0 Å². The molecule has 0 heterocycles. The molecule has 0 saturated carbocycles. The van der Waals surface area contributed by atoms with Crippen LogP contribution in [-0.2, 0) is 38.1 Å². The first-order valence-corrected chi connectivity index (χ1v) is 8.01. The minimum absolute atomic E-state index is 0.147. The summed E-state index contributed by atoms with van der Waals surface area (Å²) >= 11 is 0. The van der Waals surface area contributed by atoms with Gasteiger partial charge in [0.2, 0.25) is 5.91 Å². The molecule has 2 N–H and O–H groups in total. The third-order valence-corrected chi connectivity index (χ3v) is 2.83. The molecule has 154 valence electrons. The van der Waals surface area contributed by atoms with Gasteiger partial charge in [0.25, 0.3) is 6.23 Å². The summed E-state index contributed by atoms with van der Waals surface area (Å²) in [6.45, 7) is 6.00. The summed E-state index contributed by atoms with van der Waals surface area (Å²) in [6, 6.07) is -1.15. The zero-order chi connectivity index (χ0) is 21.2. The molecule has 0 aliphatic carbocycles. The van der Waals surface area contributed by atoms with E-state index in [4.69, 9.17) is 4.74 Å². The molecule has 0 aromatic heterocycles. The smallest absolute Gasteiger partial charge is 0.408 e. The first-order chi connectivity index (χ1) is 12.4. The van der Waals surface area contributed by atoms with E-state index >= 15 is 0 Å². The number of nitrogens with one attached hydrogen (secondary N) is 2. The lowest BCUT2D eigenvalue weighted by atomic mass is 10.1. The Bertz CT molecular complexity index is 569. The Kier molecular flexibility index (Phi) is 9.83. The van der Waals surface area contributed by atoms with Crippen molar-refractivity contribution in [3.05, 3.63) is 0 Å². The monoisotopic (exact) mass is 390 g/mol. The maximum absolute atomic E-state index is 12.0. The van der Waals surface area contributed by atoms with Crippen molar-refractivity contribution in [2.24, 2.45) is 0 Å². The molecule has 0 aliphatic heterocycles. The van der Waals surface area contributed by atoms with E-state index in [1.807, 2.05) is 0 Å². The van der Waals surface area contributed by atoms with Crippen LogP contribution in [0.3, 0.4) is 0 Å². The fraction of sp³-hybridized carbons (Fsp3) is 0.688. The van der Waals surface area contributed by atoms with Crippen molar-refractivity contribution in [1.82, 2.24) is 10.6 Å². The van der Waals surface area contributed by atoms with Crippen LogP contribution < -0.4 is 10.6 Å². The largest absolute Gasteiger partial charge is 0.467 e. The first-order valence-electron chi connectivity index (χ1n) is 8.01. The maximum atomic E-state index is 12.0. The van der Waals surface area contributed by atoms with Crippen molar-refractivity contribution in [1.29, 1.82) is 0 Å². The summed E-state index contributed by atoms with van der Waals surface area (Å²) < 4.78 is 18.7. The lowest BCUT2D eigenvalue weighted by molar-refractivity contribution is -0.168. The molecular formula is C16H26N2O9. The fourth-order valence-electron chi connectivity index (χ4n) is 1.74. The Morgan fingerprint density at radius 3 is 1.93 bits per heavy atom. The summed E-state index contributed by atoms with van der Waals surface area (Å²) in [5, 5.41) is 4.46. The molecule has 0 aliphatic rings. The van der Waals surface area contributed by atoms with Crippen molar-refractivity contribution in [2.45, 2.75) is 58.4 Å². The predicted octanol–water partition coefficient (Wildman–Crippen LogP) is 0.0113. The zero-order valence-corrected chi connectivity index (χ0v) is 16.2. The SMILES string of the molecule is COC(=O)C(NC(=O)CC[C@H](NC(=O)OC(C)(C)C)C(=O)OC)OC(C)=O. The molecule has 1 unspecified atom stereocenters. The van der Waals surface area contributed by atoms with E-state index in [1.54, 1.807) is 20.8 Å². The number of alkyl carbamates (subject to hydrolysis) is 1. The third-order valence-electron chi connectivity index (χ3n) is 2.83. The maximum Gasteiger partial charge on any atom is 0.408 e. The van der Waals surface area contributed by atoms with Gasteiger partial charge in [-0.2, -0.15) is 0 Å². The van der Waals surface area contributed by atoms with Gasteiger partial charge in [0.15, 0.2) is 0 Å². The van der Waals surface area contributed by atoms with Crippen LogP contribution in [0.4, 0.5) is 4.79 Å². The van der Waals surface area contributed by atoms with Crippen LogP contribution >= 0.6 is 0 Å². The molecule has 0 spiro atoms. The Morgan fingerprint density at radius 1 is 0.926 bits per heavy atom. The van der Waals surface area contributed by atoms with Crippen LogP contribution in [0.15, 0.2) is 0 Å². The quantitative estimate of drug-likeness (QED) is 0.332. The molecule has 0 fully saturated rings. The van der Waals surface area contributed by atoms with E-state index in [-0.39, 0.29) is 12.8 Å². The Morgan fingerprint density at radius 2 is 1.48 bits per heavy atom. The molecule has 27 heavy (non-hydrogen) atoms. The summed E-state index contributed by atoms with van der Waals surface area (Å²) in [5.41, 5.74) is -0.778. The predicted molar refractivity (Wildman–Crippen MR) is 90.1 cm³/mol. The van der Waals surface area contributed by atoms with Gasteiger partial charge in [-0.1, -0.05) is 0 Å². The summed E-state index contributed by atoms with van der Waals surface area (Å²) in [4.78, 5) is 58.0. The van der Waals surface area contributed by atoms with Gasteiger partial charge in [0.05, 0.1) is 14.2 Å². The van der Waals surface area contributed by atoms with E-state index < -0.39 is 47.8 Å². The molecule has 0 aromatic carbocycles. The third kappa shape index (κ3) is 10.7. The number of esters is 3. The van der Waals surface area contributed by atoms with Crippen LogP contribution in [0.1, 0.15) is 40.5 Å². The van der Waals surface area contributed by atoms with Gasteiger partial charge in [-0.3, -0.25) is 9.59 Å². The Hall–Kier alpha value is -2.85. The minimum atomic E-state index is -1.62. The van der Waals surface area contributed by atoms with E-state index in [0.717, 1.165) is 21.1 Å². The number of rotatable bonds is 8. The van der Waals surface area contributed by atoms with Gasteiger partial charge in [0, 0.05) is 13.3 Å².